The van der Waals surface area contributed by atoms with Gasteiger partial charge in [-0.2, -0.15) is 0 Å². The summed E-state index contributed by atoms with van der Waals surface area (Å²) in [5, 5.41) is 21.2. The van der Waals surface area contributed by atoms with Crippen LogP contribution in [-0.4, -0.2) is 28.1 Å². The topological polar surface area (TPSA) is 40.5 Å². The lowest BCUT2D eigenvalue weighted by atomic mass is 9.42. The van der Waals surface area contributed by atoms with Gasteiger partial charge in [0, 0.05) is 11.8 Å². The van der Waals surface area contributed by atoms with Gasteiger partial charge in [-0.15, -0.1) is 0 Å². The lowest BCUT2D eigenvalue weighted by Crippen LogP contribution is -2.66. The number of aliphatic hydroxyl groups excluding tert-OH is 2. The zero-order valence-electron chi connectivity index (χ0n) is 20.2. The van der Waals surface area contributed by atoms with E-state index >= 15 is 4.39 Å². The fourth-order valence-electron chi connectivity index (χ4n) is 9.24. The van der Waals surface area contributed by atoms with E-state index in [0.29, 0.717) is 36.0 Å². The maximum Gasteiger partial charge on any atom is 0.144 e. The number of aliphatic hydroxyl groups is 2. The summed E-state index contributed by atoms with van der Waals surface area (Å²) in [5.41, 5.74) is -1.72. The first-order chi connectivity index (χ1) is 14.0. The molecule has 0 spiro atoms. The van der Waals surface area contributed by atoms with E-state index in [1.807, 2.05) is 0 Å². The molecule has 0 aliphatic heterocycles. The Bertz CT molecular complexity index is 622. The van der Waals surface area contributed by atoms with Gasteiger partial charge in [0.15, 0.2) is 0 Å². The molecule has 4 rings (SSSR count). The van der Waals surface area contributed by atoms with Crippen LogP contribution in [-0.2, 0) is 0 Å². The van der Waals surface area contributed by atoms with Crippen molar-refractivity contribution in [2.45, 2.75) is 123 Å². The van der Waals surface area contributed by atoms with Crippen LogP contribution in [0, 0.1) is 46.3 Å². The first-order valence-corrected chi connectivity index (χ1v) is 13.1. The molecule has 1 unspecified atom stereocenters. The second-order valence-corrected chi connectivity index (χ2v) is 12.8. The van der Waals surface area contributed by atoms with Crippen molar-refractivity contribution in [3.05, 3.63) is 0 Å². The van der Waals surface area contributed by atoms with E-state index in [1.165, 1.54) is 38.5 Å². The molecule has 10 atom stereocenters. The lowest BCUT2D eigenvalue weighted by molar-refractivity contribution is -0.232. The van der Waals surface area contributed by atoms with Crippen LogP contribution in [0.1, 0.15) is 105 Å². The van der Waals surface area contributed by atoms with Crippen LogP contribution in [0.5, 0.6) is 0 Å². The zero-order valence-corrected chi connectivity index (χ0v) is 20.2. The Balaban J connectivity index is 1.53. The highest BCUT2D eigenvalue weighted by Gasteiger charge is 2.68. The Kier molecular flexibility index (Phi) is 6.15. The van der Waals surface area contributed by atoms with E-state index in [4.69, 9.17) is 0 Å². The summed E-state index contributed by atoms with van der Waals surface area (Å²) in [7, 11) is 0. The van der Waals surface area contributed by atoms with Crippen LogP contribution in [0.25, 0.3) is 0 Å². The average molecular weight is 422 g/mol. The predicted molar refractivity (Wildman–Crippen MR) is 121 cm³/mol. The maximum atomic E-state index is 16.3. The first-order valence-electron chi connectivity index (χ1n) is 13.1. The van der Waals surface area contributed by atoms with Crippen molar-refractivity contribution < 1.29 is 14.6 Å². The normalized spacial score (nSPS) is 51.9. The average Bonchev–Trinajstić information content (AvgIpc) is 3.01. The smallest absolute Gasteiger partial charge is 0.144 e. The van der Waals surface area contributed by atoms with Gasteiger partial charge in [0.05, 0.1) is 12.2 Å². The summed E-state index contributed by atoms with van der Waals surface area (Å²) < 4.78 is 16.3. The van der Waals surface area contributed by atoms with E-state index in [-0.39, 0.29) is 6.42 Å². The summed E-state index contributed by atoms with van der Waals surface area (Å²) in [6.45, 7) is 11.8. The van der Waals surface area contributed by atoms with Crippen molar-refractivity contribution in [3.8, 4) is 0 Å². The van der Waals surface area contributed by atoms with Gasteiger partial charge in [-0.25, -0.2) is 4.39 Å². The van der Waals surface area contributed by atoms with Gasteiger partial charge in [0.1, 0.15) is 5.67 Å². The molecule has 4 saturated carbocycles. The predicted octanol–water partition coefficient (Wildman–Crippen LogP) is 6.53. The van der Waals surface area contributed by atoms with Gasteiger partial charge >= 0.3 is 0 Å². The van der Waals surface area contributed by atoms with E-state index in [1.54, 1.807) is 0 Å². The minimum atomic E-state index is -1.61. The molecule has 174 valence electrons. The van der Waals surface area contributed by atoms with Crippen molar-refractivity contribution in [1.82, 2.24) is 0 Å². The van der Waals surface area contributed by atoms with Gasteiger partial charge in [0.25, 0.3) is 0 Å². The standard InChI is InChI=1S/C27H47FO2/c1-17(2)7-6-8-18(3)21-9-10-22-20-15-24(30)27(28)16-19(29)11-14-26(27,5)23(20)12-13-25(21,22)4/h17-24,29-30H,6-16H2,1-5H3/t18-,19+,20+,21-,22+,23+,24-,25-,26-,27?/m1/s1/i28-1. The Morgan fingerprint density at radius 2 is 1.67 bits per heavy atom. The van der Waals surface area contributed by atoms with Gasteiger partial charge in [-0.1, -0.05) is 53.9 Å². The molecule has 2 N–H and O–H groups in total. The minimum Gasteiger partial charge on any atom is -0.393 e. The van der Waals surface area contributed by atoms with Crippen LogP contribution in [0.2, 0.25) is 0 Å². The lowest BCUT2D eigenvalue weighted by Gasteiger charge is -2.64. The Hall–Kier alpha value is -0.150. The largest absolute Gasteiger partial charge is 0.393 e. The summed E-state index contributed by atoms with van der Waals surface area (Å²) in [6.07, 6.45) is 9.57. The third-order valence-corrected chi connectivity index (χ3v) is 11.0. The van der Waals surface area contributed by atoms with Crippen molar-refractivity contribution >= 4 is 0 Å². The zero-order chi connectivity index (χ0) is 21.9. The van der Waals surface area contributed by atoms with Crippen LogP contribution in [0.4, 0.5) is 4.39 Å². The summed E-state index contributed by atoms with van der Waals surface area (Å²) >= 11 is 0. The highest BCUT2D eigenvalue weighted by molar-refractivity contribution is 5.17. The van der Waals surface area contributed by atoms with Crippen LogP contribution in [0.3, 0.4) is 0 Å². The fourth-order valence-corrected chi connectivity index (χ4v) is 9.24. The number of alkyl halides is 1. The van der Waals surface area contributed by atoms with E-state index < -0.39 is 23.3 Å². The third kappa shape index (κ3) is 3.40. The van der Waals surface area contributed by atoms with Gasteiger partial charge in [-0.3, -0.25) is 0 Å². The van der Waals surface area contributed by atoms with Gasteiger partial charge in [0.2, 0.25) is 0 Å². The van der Waals surface area contributed by atoms with E-state index in [2.05, 4.69) is 34.6 Å². The van der Waals surface area contributed by atoms with E-state index in [9.17, 15) is 10.2 Å². The molecule has 3 heteroatoms. The molecule has 0 aromatic carbocycles. The highest BCUT2D eigenvalue weighted by atomic mass is 18.2. The molecule has 0 amide bonds. The SMILES string of the molecule is CC(C)CCC[C@@H](C)[C@H]1CC[C@H]2[C@@H]3C[C@@H](O)C4([18F])C[C@@H](O)CC[C@]4(C)[C@H]3CC[C@]12C. The maximum absolute atomic E-state index is 16.3. The van der Waals surface area contributed by atoms with Gasteiger partial charge in [-0.05, 0) is 85.9 Å². The summed E-state index contributed by atoms with van der Waals surface area (Å²) in [4.78, 5) is 0. The molecular weight excluding hydrogens is 374 g/mol. The number of rotatable bonds is 5. The van der Waals surface area contributed by atoms with Crippen molar-refractivity contribution in [1.29, 1.82) is 0 Å². The Morgan fingerprint density at radius 1 is 0.933 bits per heavy atom. The van der Waals surface area contributed by atoms with Crippen molar-refractivity contribution in [2.24, 2.45) is 46.3 Å². The first kappa shape index (κ1) is 23.0. The molecule has 0 aromatic rings. The van der Waals surface area contributed by atoms with Crippen molar-refractivity contribution in [3.63, 3.8) is 0 Å². The highest BCUT2D eigenvalue weighted by Crippen LogP contribution is 2.69. The number of hydrogen-bond acceptors (Lipinski definition) is 2. The molecular formula is C27H47FO2. The number of halogens is 1. The molecule has 4 aliphatic rings. The van der Waals surface area contributed by atoms with Crippen LogP contribution >= 0.6 is 0 Å². The molecule has 0 heterocycles. The second kappa shape index (κ2) is 8.01. The summed E-state index contributed by atoms with van der Waals surface area (Å²) in [6, 6.07) is 0. The molecule has 0 radical (unpaired) electrons. The monoisotopic (exact) mass is 421 g/mol. The van der Waals surface area contributed by atoms with Gasteiger partial charge < -0.3 is 10.2 Å². The molecule has 4 fully saturated rings. The second-order valence-electron chi connectivity index (χ2n) is 12.8. The van der Waals surface area contributed by atoms with E-state index in [0.717, 1.165) is 30.6 Å². The Labute approximate surface area is 184 Å². The molecule has 0 aromatic heterocycles. The quantitative estimate of drug-likeness (QED) is 0.530. The third-order valence-electron chi connectivity index (χ3n) is 11.0. The van der Waals surface area contributed by atoms with Crippen LogP contribution < -0.4 is 0 Å². The number of fused-ring (bicyclic) bond motifs is 5. The molecule has 30 heavy (non-hydrogen) atoms. The Morgan fingerprint density at radius 3 is 2.37 bits per heavy atom. The molecule has 2 nitrogen and oxygen atoms in total. The van der Waals surface area contributed by atoms with Crippen LogP contribution in [0.15, 0.2) is 0 Å². The fraction of sp³-hybridized carbons (Fsp3) is 1.00. The molecule has 4 aliphatic carbocycles. The number of hydrogen-bond donors (Lipinski definition) is 2. The minimum absolute atomic E-state index is 0.130. The molecule has 0 saturated heterocycles. The van der Waals surface area contributed by atoms with Crippen molar-refractivity contribution in [2.75, 3.05) is 0 Å². The summed E-state index contributed by atoms with van der Waals surface area (Å²) in [5.74, 6) is 3.80. The molecule has 0 bridgehead atoms.